The Morgan fingerprint density at radius 1 is 1.45 bits per heavy atom. The third-order valence-electron chi connectivity index (χ3n) is 2.39. The summed E-state index contributed by atoms with van der Waals surface area (Å²) in [5, 5.41) is 2.20. The summed E-state index contributed by atoms with van der Waals surface area (Å²) in [6.45, 7) is 5.33. The van der Waals surface area contributed by atoms with Crippen LogP contribution in [0, 0.1) is 5.92 Å². The minimum atomic E-state index is -0.614. The topological polar surface area (TPSA) is 91.5 Å². The van der Waals surface area contributed by atoms with E-state index in [1.165, 1.54) is 18.4 Å². The van der Waals surface area contributed by atoms with Gasteiger partial charge in [-0.1, -0.05) is 0 Å². The van der Waals surface area contributed by atoms with Gasteiger partial charge in [-0.25, -0.2) is 4.98 Å². The fourth-order valence-electron chi connectivity index (χ4n) is 1.66. The Kier molecular flexibility index (Phi) is 5.50. The Morgan fingerprint density at radius 2 is 2.10 bits per heavy atom. The minimum Gasteiger partial charge on any atom is -0.469 e. The molecule has 0 fully saturated rings. The normalized spacial score (nSPS) is 12.8. The Bertz CT molecular complexity index is 479. The number of nitrogen functional groups attached to an aromatic ring is 1. The highest BCUT2D eigenvalue weighted by Crippen LogP contribution is 2.19. The van der Waals surface area contributed by atoms with E-state index in [9.17, 15) is 9.59 Å². The quantitative estimate of drug-likeness (QED) is 0.834. The molecule has 7 heteroatoms. The maximum Gasteiger partial charge on any atom is 0.309 e. The van der Waals surface area contributed by atoms with Crippen molar-refractivity contribution in [2.24, 2.45) is 5.92 Å². The van der Waals surface area contributed by atoms with Crippen molar-refractivity contribution in [2.75, 3.05) is 12.8 Å². The lowest BCUT2D eigenvalue weighted by atomic mass is 10.00. The molecule has 6 nitrogen and oxygen atoms in total. The van der Waals surface area contributed by atoms with Gasteiger partial charge in [0, 0.05) is 11.8 Å². The largest absolute Gasteiger partial charge is 0.469 e. The zero-order chi connectivity index (χ0) is 15.3. The molecule has 2 N–H and O–H groups in total. The molecule has 0 radical (unpaired) electrons. The summed E-state index contributed by atoms with van der Waals surface area (Å²) in [6.07, 6.45) is 0.265. The number of esters is 2. The van der Waals surface area contributed by atoms with Crippen LogP contribution in [0.25, 0.3) is 0 Å². The van der Waals surface area contributed by atoms with Gasteiger partial charge in [0.2, 0.25) is 0 Å². The van der Waals surface area contributed by atoms with Crippen LogP contribution in [0.4, 0.5) is 5.13 Å². The fourth-order valence-corrected chi connectivity index (χ4v) is 2.23. The molecule has 0 unspecified atom stereocenters. The second kappa shape index (κ2) is 6.69. The van der Waals surface area contributed by atoms with Gasteiger partial charge in [0.25, 0.3) is 0 Å². The number of hydrogen-bond donors (Lipinski definition) is 1. The number of carbonyl (C=O) groups is 2. The monoisotopic (exact) mass is 300 g/mol. The lowest BCUT2D eigenvalue weighted by Crippen LogP contribution is -2.28. The van der Waals surface area contributed by atoms with E-state index in [0.29, 0.717) is 17.2 Å². The van der Waals surface area contributed by atoms with Crippen LogP contribution in [0.2, 0.25) is 0 Å². The number of nitrogens with zero attached hydrogens (tertiary/aromatic N) is 1. The molecule has 0 aliphatic carbocycles. The highest BCUT2D eigenvalue weighted by Gasteiger charge is 2.27. The number of nitrogens with two attached hydrogens (primary N) is 1. The van der Waals surface area contributed by atoms with Crippen LogP contribution in [0.1, 0.15) is 32.9 Å². The number of carbonyl (C=O) groups excluding carboxylic acids is 2. The van der Waals surface area contributed by atoms with E-state index >= 15 is 0 Å². The molecule has 112 valence electrons. The number of rotatable bonds is 5. The maximum absolute atomic E-state index is 11.8. The molecule has 1 rings (SSSR count). The number of methoxy groups -OCH3 is 1. The van der Waals surface area contributed by atoms with Crippen molar-refractivity contribution in [1.82, 2.24) is 4.98 Å². The number of thiazole rings is 1. The van der Waals surface area contributed by atoms with Gasteiger partial charge in [-0.3, -0.25) is 9.59 Å². The standard InChI is InChI=1S/C13H20N2O4S/c1-13(2,3)19-10(16)6-8(11(17)18-4)5-9-7-20-12(14)15-9/h7-8H,5-6H2,1-4H3,(H2,14,15)/t8-/m1/s1. The lowest BCUT2D eigenvalue weighted by Gasteiger charge is -2.21. The first-order valence-electron chi connectivity index (χ1n) is 6.21. The molecule has 0 saturated heterocycles. The first kappa shape index (κ1) is 16.4. The number of hydrogen-bond acceptors (Lipinski definition) is 7. The van der Waals surface area contributed by atoms with Gasteiger partial charge in [-0.15, -0.1) is 11.3 Å². The van der Waals surface area contributed by atoms with Crippen molar-refractivity contribution in [3.05, 3.63) is 11.1 Å². The summed E-state index contributed by atoms with van der Waals surface area (Å²) in [4.78, 5) is 27.6. The summed E-state index contributed by atoms with van der Waals surface area (Å²) >= 11 is 1.29. The van der Waals surface area contributed by atoms with Crippen molar-refractivity contribution in [2.45, 2.75) is 39.2 Å². The van der Waals surface area contributed by atoms with E-state index in [0.717, 1.165) is 0 Å². The smallest absolute Gasteiger partial charge is 0.309 e. The number of aromatic nitrogens is 1. The van der Waals surface area contributed by atoms with E-state index in [1.54, 1.807) is 26.2 Å². The molecule has 0 saturated carbocycles. The molecule has 0 spiro atoms. The average molecular weight is 300 g/mol. The van der Waals surface area contributed by atoms with Gasteiger partial charge in [0.15, 0.2) is 5.13 Å². The fraction of sp³-hybridized carbons (Fsp3) is 0.615. The van der Waals surface area contributed by atoms with Crippen LogP contribution in [0.15, 0.2) is 5.38 Å². The van der Waals surface area contributed by atoms with Crippen molar-refractivity contribution >= 4 is 28.4 Å². The molecule has 1 aromatic heterocycles. The minimum absolute atomic E-state index is 0.0403. The van der Waals surface area contributed by atoms with Gasteiger partial charge in [-0.05, 0) is 20.8 Å². The predicted octanol–water partition coefficient (Wildman–Crippen LogP) is 1.79. The summed E-state index contributed by atoms with van der Waals surface area (Å²) in [7, 11) is 1.29. The van der Waals surface area contributed by atoms with Crippen LogP contribution in [0.5, 0.6) is 0 Å². The van der Waals surface area contributed by atoms with E-state index in [2.05, 4.69) is 4.98 Å². The first-order valence-corrected chi connectivity index (χ1v) is 7.09. The SMILES string of the molecule is COC(=O)[C@@H](CC(=O)OC(C)(C)C)Cc1csc(N)n1. The lowest BCUT2D eigenvalue weighted by molar-refractivity contribution is -0.160. The van der Waals surface area contributed by atoms with Crippen molar-refractivity contribution in [3.8, 4) is 0 Å². The van der Waals surface area contributed by atoms with Crippen LogP contribution >= 0.6 is 11.3 Å². The van der Waals surface area contributed by atoms with Crippen molar-refractivity contribution in [1.29, 1.82) is 0 Å². The van der Waals surface area contributed by atoms with Gasteiger partial charge in [0.1, 0.15) is 5.60 Å². The van der Waals surface area contributed by atoms with E-state index in [4.69, 9.17) is 15.2 Å². The summed E-state index contributed by atoms with van der Waals surface area (Å²) in [6, 6.07) is 0. The maximum atomic E-state index is 11.8. The Morgan fingerprint density at radius 3 is 2.55 bits per heavy atom. The van der Waals surface area contributed by atoms with Crippen LogP contribution in [0.3, 0.4) is 0 Å². The molecular formula is C13H20N2O4S. The second-order valence-corrected chi connectivity index (χ2v) is 6.28. The molecular weight excluding hydrogens is 280 g/mol. The zero-order valence-electron chi connectivity index (χ0n) is 12.1. The highest BCUT2D eigenvalue weighted by atomic mass is 32.1. The molecule has 0 aliphatic heterocycles. The summed E-state index contributed by atoms with van der Waals surface area (Å²) in [5.41, 5.74) is 5.64. The average Bonchev–Trinajstić information content (AvgIpc) is 2.70. The number of ether oxygens (including phenoxy) is 2. The molecule has 0 aromatic carbocycles. The van der Waals surface area contributed by atoms with Crippen molar-refractivity contribution in [3.63, 3.8) is 0 Å². The van der Waals surface area contributed by atoms with Gasteiger partial charge in [0.05, 0.1) is 25.1 Å². The molecule has 0 aliphatic rings. The van der Waals surface area contributed by atoms with Crippen LogP contribution in [-0.4, -0.2) is 29.6 Å². The predicted molar refractivity (Wildman–Crippen MR) is 76.2 cm³/mol. The Labute approximate surface area is 122 Å². The third-order valence-corrected chi connectivity index (χ3v) is 3.12. The summed E-state index contributed by atoms with van der Waals surface area (Å²) < 4.78 is 9.94. The molecule has 0 amide bonds. The first-order chi connectivity index (χ1) is 9.21. The van der Waals surface area contributed by atoms with E-state index in [-0.39, 0.29) is 6.42 Å². The van der Waals surface area contributed by atoms with Gasteiger partial charge >= 0.3 is 11.9 Å². The van der Waals surface area contributed by atoms with Gasteiger partial charge in [-0.2, -0.15) is 0 Å². The molecule has 1 aromatic rings. The summed E-state index contributed by atoms with van der Waals surface area (Å²) in [5.74, 6) is -1.50. The van der Waals surface area contributed by atoms with Crippen molar-refractivity contribution < 1.29 is 19.1 Å². The van der Waals surface area contributed by atoms with Gasteiger partial charge < -0.3 is 15.2 Å². The van der Waals surface area contributed by atoms with Crippen LogP contribution < -0.4 is 5.73 Å². The molecule has 20 heavy (non-hydrogen) atoms. The number of anilines is 1. The molecule has 1 heterocycles. The van der Waals surface area contributed by atoms with E-state index in [1.807, 2.05) is 0 Å². The second-order valence-electron chi connectivity index (χ2n) is 5.39. The molecule has 0 bridgehead atoms. The molecule has 1 atom stereocenters. The third kappa shape index (κ3) is 5.56. The Balaban J connectivity index is 2.70. The zero-order valence-corrected chi connectivity index (χ0v) is 13.0. The highest BCUT2D eigenvalue weighted by molar-refractivity contribution is 7.13. The van der Waals surface area contributed by atoms with E-state index < -0.39 is 23.5 Å². The Hall–Kier alpha value is -1.63. The van der Waals surface area contributed by atoms with Crippen LogP contribution in [-0.2, 0) is 25.5 Å².